The van der Waals surface area contributed by atoms with E-state index in [2.05, 4.69) is 42.0 Å². The average molecular weight is 626 g/mol. The Balaban J connectivity index is -0.000000180. The molecule has 4 N–H and O–H groups in total. The molecule has 0 aliphatic heterocycles. The smallest absolute Gasteiger partial charge is 0.00368 e. The molecule has 162 valence electrons. The van der Waals surface area contributed by atoms with Gasteiger partial charge in [0.2, 0.25) is 0 Å². The average Bonchev–Trinajstić information content (AvgIpc) is 2.43. The maximum absolute atomic E-state index is 3.50. The summed E-state index contributed by atoms with van der Waals surface area (Å²) in [7, 11) is 0. The summed E-state index contributed by atoms with van der Waals surface area (Å²) < 4.78 is 0. The first kappa shape index (κ1) is 41.2. The first-order valence-electron chi connectivity index (χ1n) is 8.60. The summed E-state index contributed by atoms with van der Waals surface area (Å²) in [6.45, 7) is 15.7. The highest BCUT2D eigenvalue weighted by Crippen LogP contribution is 1.95. The number of hydrogen-bond acceptors (Lipinski definition) is 4. The molecule has 0 saturated heterocycles. The minimum atomic E-state index is 0. The third-order valence-corrected chi connectivity index (χ3v) is 3.27. The van der Waals surface area contributed by atoms with Gasteiger partial charge in [-0.1, -0.05) is 28.2 Å². The summed E-state index contributed by atoms with van der Waals surface area (Å²) >= 11 is 0. The molecule has 0 radical (unpaired) electrons. The third-order valence-electron chi connectivity index (χ3n) is 3.27. The van der Waals surface area contributed by atoms with Crippen LogP contribution in [-0.2, 0) is 0 Å². The van der Waals surface area contributed by atoms with Crippen LogP contribution in [0.3, 0.4) is 0 Å². The van der Waals surface area contributed by atoms with Crippen molar-refractivity contribution >= 4 is 67.9 Å². The summed E-state index contributed by atoms with van der Waals surface area (Å²) in [5, 5.41) is 13.8. The quantitative estimate of drug-likeness (QED) is 0.191. The van der Waals surface area contributed by atoms with E-state index in [1.807, 2.05) is 0 Å². The second-order valence-electron chi connectivity index (χ2n) is 5.85. The Morgan fingerprint density at radius 2 is 0.880 bits per heavy atom. The fourth-order valence-electron chi connectivity index (χ4n) is 1.96. The van der Waals surface area contributed by atoms with E-state index in [4.69, 9.17) is 0 Å². The second-order valence-corrected chi connectivity index (χ2v) is 5.85. The van der Waals surface area contributed by atoms with Gasteiger partial charge in [0.05, 0.1) is 0 Å². The van der Waals surface area contributed by atoms with Crippen molar-refractivity contribution in [1.82, 2.24) is 21.3 Å². The molecule has 0 unspecified atom stereocenters. The Bertz CT molecular complexity index is 190. The van der Waals surface area contributed by atoms with Crippen molar-refractivity contribution in [3.05, 3.63) is 0 Å². The predicted octanol–water partition coefficient (Wildman–Crippen LogP) is 4.53. The van der Waals surface area contributed by atoms with Gasteiger partial charge < -0.3 is 21.3 Å². The topological polar surface area (TPSA) is 48.1 Å². The maximum Gasteiger partial charge on any atom is -0.00368 e. The number of rotatable bonds is 16. The highest BCUT2D eigenvalue weighted by molar-refractivity contribution is 8.93. The molecule has 0 atom stereocenters. The minimum Gasteiger partial charge on any atom is -0.317 e. The fourth-order valence-corrected chi connectivity index (χ4v) is 1.96. The lowest BCUT2D eigenvalue weighted by Crippen LogP contribution is -2.27. The first-order chi connectivity index (χ1) is 9.77. The zero-order valence-corrected chi connectivity index (χ0v) is 22.5. The molecule has 0 aliphatic rings. The van der Waals surface area contributed by atoms with Crippen molar-refractivity contribution in [3.63, 3.8) is 0 Å². The van der Waals surface area contributed by atoms with E-state index in [0.29, 0.717) is 0 Å². The Labute approximate surface area is 200 Å². The fraction of sp³-hybridized carbons (Fsp3) is 1.00. The number of halogens is 4. The summed E-state index contributed by atoms with van der Waals surface area (Å²) in [5.41, 5.74) is 0. The molecule has 0 amide bonds. The van der Waals surface area contributed by atoms with E-state index in [1.165, 1.54) is 25.7 Å². The first-order valence-corrected chi connectivity index (χ1v) is 8.60. The molecule has 0 aromatic carbocycles. The molecule has 0 aromatic rings. The highest BCUT2D eigenvalue weighted by atomic mass is 79.9. The van der Waals surface area contributed by atoms with E-state index >= 15 is 0 Å². The molecule has 25 heavy (non-hydrogen) atoms. The normalized spacial score (nSPS) is 9.12. The second kappa shape index (κ2) is 36.6. The van der Waals surface area contributed by atoms with Gasteiger partial charge >= 0.3 is 0 Å². The summed E-state index contributed by atoms with van der Waals surface area (Å²) in [6, 6.07) is 0. The van der Waals surface area contributed by atoms with Crippen LogP contribution in [0.15, 0.2) is 0 Å². The van der Waals surface area contributed by atoms with Crippen LogP contribution in [0.5, 0.6) is 0 Å². The van der Waals surface area contributed by atoms with E-state index in [0.717, 1.165) is 58.3 Å². The van der Waals surface area contributed by atoms with Crippen LogP contribution < -0.4 is 21.3 Å². The Morgan fingerprint density at radius 3 is 1.20 bits per heavy atom. The number of nitrogens with one attached hydrogen (secondary N) is 4. The van der Waals surface area contributed by atoms with Crippen molar-refractivity contribution in [3.8, 4) is 0 Å². The third kappa shape index (κ3) is 41.3. The van der Waals surface area contributed by atoms with Crippen LogP contribution >= 0.6 is 67.9 Å². The zero-order valence-electron chi connectivity index (χ0n) is 15.7. The van der Waals surface area contributed by atoms with Crippen LogP contribution in [-0.4, -0.2) is 52.4 Å². The lowest BCUT2D eigenvalue weighted by atomic mass is 10.1. The molecule has 8 heteroatoms. The standard InChI is InChI=1S/C16H38N4.CH4.4BrH/c1-4-17-9-5-10-18-11-6-12-19-13-7-14-20-15-8-16(2)3;;;;;/h16-20H,4-15H2,1-3H3;1H4;4*1H. The molecule has 0 bridgehead atoms. The van der Waals surface area contributed by atoms with Crippen LogP contribution in [0.4, 0.5) is 0 Å². The van der Waals surface area contributed by atoms with Crippen molar-refractivity contribution in [2.24, 2.45) is 5.92 Å². The molecule has 0 spiro atoms. The van der Waals surface area contributed by atoms with Gasteiger partial charge in [-0.25, -0.2) is 0 Å². The van der Waals surface area contributed by atoms with Gasteiger partial charge in [-0.2, -0.15) is 0 Å². The predicted molar refractivity (Wildman–Crippen MR) is 138 cm³/mol. The summed E-state index contributed by atoms with van der Waals surface area (Å²) in [4.78, 5) is 0. The SMILES string of the molecule is Br.Br.Br.Br.C.CCNCCCNCCCNCCCNCCC(C)C. The molecule has 0 aliphatic carbocycles. The Hall–Kier alpha value is 1.76. The largest absolute Gasteiger partial charge is 0.317 e. The highest BCUT2D eigenvalue weighted by Gasteiger charge is 1.93. The van der Waals surface area contributed by atoms with Gasteiger partial charge in [-0.3, -0.25) is 0 Å². The van der Waals surface area contributed by atoms with E-state index < -0.39 is 0 Å². The molecule has 0 fully saturated rings. The van der Waals surface area contributed by atoms with Crippen molar-refractivity contribution in [2.75, 3.05) is 52.4 Å². The molecule has 0 aromatic heterocycles. The van der Waals surface area contributed by atoms with Gasteiger partial charge in [0.15, 0.2) is 0 Å². The lowest BCUT2D eigenvalue weighted by molar-refractivity contribution is 0.519. The van der Waals surface area contributed by atoms with E-state index in [1.54, 1.807) is 0 Å². The van der Waals surface area contributed by atoms with Gasteiger partial charge in [0.1, 0.15) is 0 Å². The van der Waals surface area contributed by atoms with Gasteiger partial charge in [0, 0.05) is 0 Å². The molecule has 4 nitrogen and oxygen atoms in total. The van der Waals surface area contributed by atoms with Gasteiger partial charge in [-0.05, 0) is 84.0 Å². The van der Waals surface area contributed by atoms with Crippen LogP contribution in [0.1, 0.15) is 53.9 Å². The lowest BCUT2D eigenvalue weighted by Gasteiger charge is -2.08. The molecule has 0 saturated carbocycles. The van der Waals surface area contributed by atoms with Crippen LogP contribution in [0.25, 0.3) is 0 Å². The van der Waals surface area contributed by atoms with Crippen LogP contribution in [0.2, 0.25) is 0 Å². The summed E-state index contributed by atoms with van der Waals surface area (Å²) in [6.07, 6.45) is 4.96. The van der Waals surface area contributed by atoms with Crippen molar-refractivity contribution < 1.29 is 0 Å². The minimum absolute atomic E-state index is 0. The van der Waals surface area contributed by atoms with Gasteiger partial charge in [-0.15, -0.1) is 67.9 Å². The number of hydrogen-bond donors (Lipinski definition) is 4. The molecule has 0 rings (SSSR count). The van der Waals surface area contributed by atoms with E-state index in [9.17, 15) is 0 Å². The molecule has 0 heterocycles. The van der Waals surface area contributed by atoms with Crippen molar-refractivity contribution in [1.29, 1.82) is 0 Å². The maximum atomic E-state index is 3.50. The zero-order chi connectivity index (χ0) is 14.9. The van der Waals surface area contributed by atoms with Crippen LogP contribution in [0, 0.1) is 5.92 Å². The van der Waals surface area contributed by atoms with Gasteiger partial charge in [0.25, 0.3) is 0 Å². The summed E-state index contributed by atoms with van der Waals surface area (Å²) in [5.74, 6) is 0.811. The molecular weight excluding hydrogens is 580 g/mol. The monoisotopic (exact) mass is 622 g/mol. The Kier molecular flexibility index (Phi) is 60.4. The van der Waals surface area contributed by atoms with Crippen molar-refractivity contribution in [2.45, 2.75) is 53.9 Å². The molecular formula is C17H46Br4N4. The Morgan fingerprint density at radius 1 is 0.560 bits per heavy atom. The van der Waals surface area contributed by atoms with E-state index in [-0.39, 0.29) is 75.4 Å².